The summed E-state index contributed by atoms with van der Waals surface area (Å²) in [6.45, 7) is 0. The van der Waals surface area contributed by atoms with Crippen LogP contribution in [0.3, 0.4) is 0 Å². The number of carbonyl (C=O) groups excluding carboxylic acids is 1. The Morgan fingerprint density at radius 3 is 2.42 bits per heavy atom. The van der Waals surface area contributed by atoms with E-state index in [1.165, 1.54) is 30.3 Å². The van der Waals surface area contributed by atoms with Crippen LogP contribution in [-0.4, -0.2) is 26.8 Å². The van der Waals surface area contributed by atoms with Crippen LogP contribution in [0.4, 0.5) is 5.69 Å². The first kappa shape index (κ1) is 22.4. The molecule has 5 rings (SSSR count). The van der Waals surface area contributed by atoms with Crippen LogP contribution in [0.2, 0.25) is 0 Å². The maximum absolute atomic E-state index is 12.9. The summed E-state index contributed by atoms with van der Waals surface area (Å²) < 4.78 is 7.67. The van der Waals surface area contributed by atoms with Crippen LogP contribution in [0.5, 0.6) is 0 Å². The summed E-state index contributed by atoms with van der Waals surface area (Å²) in [6.07, 6.45) is 3.18. The van der Waals surface area contributed by atoms with Crippen LogP contribution in [0.15, 0.2) is 101 Å². The van der Waals surface area contributed by atoms with E-state index >= 15 is 0 Å². The molecule has 2 heterocycles. The lowest BCUT2D eigenvalue weighted by atomic mass is 10.1. The molecule has 2 N–H and O–H groups in total. The molecule has 0 saturated carbocycles. The molecule has 3 aromatic carbocycles. The van der Waals surface area contributed by atoms with Crippen LogP contribution >= 0.6 is 0 Å². The Hall–Kier alpha value is -5.42. The van der Waals surface area contributed by atoms with E-state index in [2.05, 4.69) is 10.4 Å². The second-order valence-electron chi connectivity index (χ2n) is 7.87. The third-order valence-electron chi connectivity index (χ3n) is 5.48. The van der Waals surface area contributed by atoms with Crippen molar-refractivity contribution in [1.29, 1.82) is 5.26 Å². The Bertz CT molecular complexity index is 1620. The number of nitrogens with one attached hydrogen (secondary N) is 1. The molecule has 0 aliphatic carbocycles. The van der Waals surface area contributed by atoms with E-state index in [-0.39, 0.29) is 11.1 Å². The van der Waals surface area contributed by atoms with Gasteiger partial charge >= 0.3 is 5.97 Å². The van der Waals surface area contributed by atoms with E-state index in [4.69, 9.17) is 9.52 Å². The largest absolute Gasteiger partial charge is 0.478 e. The lowest BCUT2D eigenvalue weighted by molar-refractivity contribution is -0.112. The molecular weight excluding hydrogens is 456 g/mol. The number of hydrogen-bond donors (Lipinski definition) is 2. The minimum atomic E-state index is -1.07. The van der Waals surface area contributed by atoms with Gasteiger partial charge in [-0.1, -0.05) is 36.4 Å². The first-order valence-corrected chi connectivity index (χ1v) is 10.9. The predicted octanol–water partition coefficient (Wildman–Crippen LogP) is 5.53. The topological polar surface area (TPSA) is 121 Å². The van der Waals surface area contributed by atoms with Gasteiger partial charge in [0.15, 0.2) is 5.76 Å². The first-order valence-electron chi connectivity index (χ1n) is 10.9. The summed E-state index contributed by atoms with van der Waals surface area (Å²) >= 11 is 0. The molecule has 0 unspecified atom stereocenters. The first-order chi connectivity index (χ1) is 17.5. The van der Waals surface area contributed by atoms with Crippen molar-refractivity contribution in [1.82, 2.24) is 9.78 Å². The third-order valence-corrected chi connectivity index (χ3v) is 5.48. The number of hydrogen-bond acceptors (Lipinski definition) is 5. The monoisotopic (exact) mass is 474 g/mol. The number of anilines is 1. The average molecular weight is 474 g/mol. The molecule has 2 aromatic heterocycles. The second kappa shape index (κ2) is 9.44. The zero-order valence-electron chi connectivity index (χ0n) is 18.8. The Labute approximate surface area is 205 Å². The highest BCUT2D eigenvalue weighted by Gasteiger charge is 2.18. The minimum Gasteiger partial charge on any atom is -0.478 e. The molecule has 0 bridgehead atoms. The molecule has 0 saturated heterocycles. The van der Waals surface area contributed by atoms with Gasteiger partial charge in [0.25, 0.3) is 5.91 Å². The van der Waals surface area contributed by atoms with Crippen molar-refractivity contribution in [3.8, 4) is 23.2 Å². The summed E-state index contributed by atoms with van der Waals surface area (Å²) in [5.74, 6) is -1.21. The normalized spacial score (nSPS) is 11.2. The van der Waals surface area contributed by atoms with Crippen molar-refractivity contribution in [3.63, 3.8) is 0 Å². The number of nitrogens with zero attached hydrogens (tertiary/aromatic N) is 3. The van der Waals surface area contributed by atoms with Crippen molar-refractivity contribution in [3.05, 3.63) is 108 Å². The van der Waals surface area contributed by atoms with E-state index in [0.717, 1.165) is 11.1 Å². The van der Waals surface area contributed by atoms with Crippen molar-refractivity contribution in [2.45, 2.75) is 0 Å². The molecule has 0 aliphatic rings. The molecule has 0 spiro atoms. The van der Waals surface area contributed by atoms with Crippen LogP contribution in [0.1, 0.15) is 15.9 Å². The van der Waals surface area contributed by atoms with E-state index in [0.29, 0.717) is 28.3 Å². The third kappa shape index (κ3) is 4.49. The number of nitriles is 1. The highest BCUT2D eigenvalue weighted by atomic mass is 16.4. The van der Waals surface area contributed by atoms with Crippen molar-refractivity contribution in [2.75, 3.05) is 5.32 Å². The van der Waals surface area contributed by atoms with Gasteiger partial charge in [0.2, 0.25) is 0 Å². The smallest absolute Gasteiger partial charge is 0.335 e. The van der Waals surface area contributed by atoms with Gasteiger partial charge in [0, 0.05) is 22.8 Å². The second-order valence-corrected chi connectivity index (χ2v) is 7.87. The zero-order valence-corrected chi connectivity index (χ0v) is 18.8. The Balaban J connectivity index is 1.53. The Morgan fingerprint density at radius 1 is 1.00 bits per heavy atom. The van der Waals surface area contributed by atoms with E-state index < -0.39 is 11.9 Å². The van der Waals surface area contributed by atoms with Gasteiger partial charge in [-0.2, -0.15) is 10.4 Å². The van der Waals surface area contributed by atoms with Crippen molar-refractivity contribution >= 4 is 34.6 Å². The average Bonchev–Trinajstić information content (AvgIpc) is 3.52. The van der Waals surface area contributed by atoms with Gasteiger partial charge < -0.3 is 14.8 Å². The molecule has 1 amide bonds. The number of carboxylic acid groups (broad SMARTS) is 1. The summed E-state index contributed by atoms with van der Waals surface area (Å²) in [7, 11) is 0. The van der Waals surface area contributed by atoms with E-state index in [1.54, 1.807) is 10.9 Å². The van der Waals surface area contributed by atoms with Gasteiger partial charge in [0.05, 0.1) is 11.3 Å². The quantitative estimate of drug-likeness (QED) is 0.247. The molecule has 174 valence electrons. The number of para-hydroxylation sites is 2. The van der Waals surface area contributed by atoms with Gasteiger partial charge in [-0.25, -0.2) is 9.48 Å². The number of furan rings is 1. The molecule has 0 atom stereocenters. The number of amides is 1. The maximum atomic E-state index is 12.9. The minimum absolute atomic E-state index is 0.0906. The molecule has 36 heavy (non-hydrogen) atoms. The van der Waals surface area contributed by atoms with Crippen LogP contribution in [0.25, 0.3) is 34.2 Å². The molecule has 0 fully saturated rings. The van der Waals surface area contributed by atoms with Crippen molar-refractivity contribution < 1.29 is 19.1 Å². The fourth-order valence-corrected chi connectivity index (χ4v) is 3.69. The Morgan fingerprint density at radius 2 is 1.72 bits per heavy atom. The molecule has 8 nitrogen and oxygen atoms in total. The molecular formula is C28H18N4O4. The van der Waals surface area contributed by atoms with E-state index in [9.17, 15) is 14.9 Å². The summed E-state index contributed by atoms with van der Waals surface area (Å²) in [6, 6.07) is 26.5. The number of aromatic carboxylic acids is 1. The van der Waals surface area contributed by atoms with Gasteiger partial charge in [0.1, 0.15) is 22.9 Å². The lowest BCUT2D eigenvalue weighted by Gasteiger charge is -2.04. The fraction of sp³-hybridized carbons (Fsp3) is 0. The van der Waals surface area contributed by atoms with Crippen LogP contribution in [-0.2, 0) is 4.79 Å². The van der Waals surface area contributed by atoms with E-state index in [1.807, 2.05) is 66.7 Å². The van der Waals surface area contributed by atoms with Crippen LogP contribution < -0.4 is 5.32 Å². The van der Waals surface area contributed by atoms with Gasteiger partial charge in [-0.05, 0) is 54.6 Å². The molecule has 0 radical (unpaired) electrons. The maximum Gasteiger partial charge on any atom is 0.335 e. The molecule has 5 aromatic rings. The highest BCUT2D eigenvalue weighted by Crippen LogP contribution is 2.31. The highest BCUT2D eigenvalue weighted by molar-refractivity contribution is 6.10. The standard InChI is InChI=1S/C28H18N4O4/c29-16-20(27(33)30-22-12-10-18(11-13-22)28(34)35)14-21-17-32(23-7-2-1-3-8-23)31-26(21)25-15-19-6-4-5-9-24(19)36-25/h1-15,17H,(H,30,33)(H,34,35)/b20-14+. The van der Waals surface area contributed by atoms with Crippen LogP contribution in [0, 0.1) is 11.3 Å². The number of carboxylic acids is 1. The van der Waals surface area contributed by atoms with Crippen molar-refractivity contribution in [2.24, 2.45) is 0 Å². The fourth-order valence-electron chi connectivity index (χ4n) is 3.69. The molecule has 8 heteroatoms. The predicted molar refractivity (Wildman–Crippen MR) is 134 cm³/mol. The number of benzene rings is 3. The summed E-state index contributed by atoms with van der Waals surface area (Å²) in [4.78, 5) is 23.9. The number of fused-ring (bicyclic) bond motifs is 1. The zero-order chi connectivity index (χ0) is 25.1. The summed E-state index contributed by atoms with van der Waals surface area (Å²) in [5.41, 5.74) is 2.79. The van der Waals surface area contributed by atoms with Gasteiger partial charge in [-0.15, -0.1) is 0 Å². The summed E-state index contributed by atoms with van der Waals surface area (Å²) in [5, 5.41) is 27.0. The Kier molecular flexibility index (Phi) is 5.87. The van der Waals surface area contributed by atoms with Gasteiger partial charge in [-0.3, -0.25) is 4.79 Å². The number of aromatic nitrogens is 2. The number of rotatable bonds is 6. The SMILES string of the molecule is N#C/C(=C\c1cn(-c2ccccc2)nc1-c1cc2ccccc2o1)C(=O)Nc1ccc(C(=O)O)cc1. The molecule has 0 aliphatic heterocycles. The lowest BCUT2D eigenvalue weighted by Crippen LogP contribution is -2.13. The number of carbonyl (C=O) groups is 2.